The van der Waals surface area contributed by atoms with E-state index in [2.05, 4.69) is 5.32 Å². The lowest BCUT2D eigenvalue weighted by Crippen LogP contribution is -2.51. The molecule has 0 unspecified atom stereocenters. The number of likely N-dealkylation sites (N-methyl/N-ethyl adjacent to an activating group) is 1. The smallest absolute Gasteiger partial charge is 0.264 e. The second-order valence-electron chi connectivity index (χ2n) is 8.91. The minimum Gasteiger partial charge on any atom is -0.492 e. The number of para-hydroxylation sites is 2. The van der Waals surface area contributed by atoms with Crippen LogP contribution in [-0.4, -0.2) is 51.4 Å². The number of carbonyl (C=O) groups is 2. The summed E-state index contributed by atoms with van der Waals surface area (Å²) in [7, 11) is -2.69. The third-order valence-corrected chi connectivity index (χ3v) is 8.25. The topological polar surface area (TPSA) is 96.0 Å². The third kappa shape index (κ3) is 7.30. The van der Waals surface area contributed by atoms with Gasteiger partial charge in [-0.25, -0.2) is 8.42 Å². The van der Waals surface area contributed by atoms with Crippen LogP contribution >= 0.6 is 11.6 Å². The van der Waals surface area contributed by atoms with Gasteiger partial charge < -0.3 is 15.0 Å². The number of ether oxygens (including phenoxy) is 1. The van der Waals surface area contributed by atoms with Gasteiger partial charge in [-0.1, -0.05) is 60.5 Å². The average molecular weight is 572 g/mol. The highest BCUT2D eigenvalue weighted by Crippen LogP contribution is 2.33. The monoisotopic (exact) mass is 571 g/mol. The first-order valence-electron chi connectivity index (χ1n) is 12.7. The Bertz CT molecular complexity index is 1380. The molecule has 0 aliphatic heterocycles. The van der Waals surface area contributed by atoms with Gasteiger partial charge in [0.1, 0.15) is 18.3 Å². The Morgan fingerprint density at radius 1 is 0.974 bits per heavy atom. The molecule has 2 amide bonds. The molecule has 0 heterocycles. The highest BCUT2D eigenvalue weighted by molar-refractivity contribution is 7.92. The van der Waals surface area contributed by atoms with E-state index in [0.29, 0.717) is 23.8 Å². The molecule has 208 valence electrons. The number of amides is 2. The highest BCUT2D eigenvalue weighted by atomic mass is 35.5. The molecule has 3 aromatic carbocycles. The van der Waals surface area contributed by atoms with Crippen LogP contribution in [-0.2, 0) is 26.2 Å². The molecule has 0 spiro atoms. The van der Waals surface area contributed by atoms with E-state index in [1.807, 2.05) is 6.92 Å². The molecule has 1 N–H and O–H groups in total. The van der Waals surface area contributed by atoms with Crippen molar-refractivity contribution < 1.29 is 22.7 Å². The van der Waals surface area contributed by atoms with E-state index in [0.717, 1.165) is 15.4 Å². The van der Waals surface area contributed by atoms with Crippen molar-refractivity contribution in [1.29, 1.82) is 0 Å². The molecule has 0 bridgehead atoms. The summed E-state index contributed by atoms with van der Waals surface area (Å²) in [5, 5.41) is 3.15. The van der Waals surface area contributed by atoms with Crippen LogP contribution in [0.15, 0.2) is 77.7 Å². The predicted octanol–water partition coefficient (Wildman–Crippen LogP) is 4.80. The van der Waals surface area contributed by atoms with E-state index in [1.54, 1.807) is 74.5 Å². The van der Waals surface area contributed by atoms with E-state index in [1.165, 1.54) is 24.1 Å². The Morgan fingerprint density at radius 3 is 2.21 bits per heavy atom. The molecule has 0 aliphatic carbocycles. The van der Waals surface area contributed by atoms with Crippen molar-refractivity contribution >= 4 is 39.1 Å². The van der Waals surface area contributed by atoms with Crippen molar-refractivity contribution in [2.24, 2.45) is 0 Å². The SMILES string of the molecule is CCOc1ccccc1N(CC(=O)N(Cc1ccc(Cl)cc1)[C@H](CC)C(=O)NC)S(=O)(=O)c1ccc(C)cc1. The predicted molar refractivity (Wildman–Crippen MR) is 153 cm³/mol. The van der Waals surface area contributed by atoms with E-state index in [9.17, 15) is 18.0 Å². The van der Waals surface area contributed by atoms with Gasteiger partial charge in [0.2, 0.25) is 11.8 Å². The minimum absolute atomic E-state index is 0.0368. The molecule has 3 rings (SSSR count). The Balaban J connectivity index is 2.10. The number of carbonyl (C=O) groups excluding carboxylic acids is 2. The van der Waals surface area contributed by atoms with Crippen molar-refractivity contribution in [3.63, 3.8) is 0 Å². The summed E-state index contributed by atoms with van der Waals surface area (Å²) >= 11 is 6.04. The van der Waals surface area contributed by atoms with Crippen LogP contribution < -0.4 is 14.4 Å². The lowest BCUT2D eigenvalue weighted by atomic mass is 10.1. The Labute approximate surface area is 235 Å². The number of halogens is 1. The number of sulfonamides is 1. The van der Waals surface area contributed by atoms with Crippen molar-refractivity contribution in [1.82, 2.24) is 10.2 Å². The summed E-state index contributed by atoms with van der Waals surface area (Å²) in [6.45, 7) is 5.31. The van der Waals surface area contributed by atoms with Gasteiger partial charge in [0, 0.05) is 18.6 Å². The molecule has 3 aromatic rings. The quantitative estimate of drug-likeness (QED) is 0.337. The van der Waals surface area contributed by atoms with Crippen LogP contribution in [0.3, 0.4) is 0 Å². The zero-order chi connectivity index (χ0) is 28.6. The molecule has 0 aromatic heterocycles. The van der Waals surface area contributed by atoms with Crippen LogP contribution in [0.5, 0.6) is 5.75 Å². The molecular weight excluding hydrogens is 538 g/mol. The number of anilines is 1. The van der Waals surface area contributed by atoms with Gasteiger partial charge >= 0.3 is 0 Å². The average Bonchev–Trinajstić information content (AvgIpc) is 2.93. The molecule has 39 heavy (non-hydrogen) atoms. The first-order chi connectivity index (χ1) is 18.6. The highest BCUT2D eigenvalue weighted by Gasteiger charge is 2.34. The maximum Gasteiger partial charge on any atom is 0.264 e. The second kappa shape index (κ2) is 13.5. The number of nitrogens with one attached hydrogen (secondary N) is 1. The largest absolute Gasteiger partial charge is 0.492 e. The van der Waals surface area contributed by atoms with Crippen LogP contribution in [0.4, 0.5) is 5.69 Å². The first-order valence-corrected chi connectivity index (χ1v) is 14.5. The van der Waals surface area contributed by atoms with Crippen molar-refractivity contribution in [3.05, 3.63) is 88.9 Å². The Kier molecular flexibility index (Phi) is 10.4. The van der Waals surface area contributed by atoms with Crippen LogP contribution in [0.2, 0.25) is 5.02 Å². The Morgan fingerprint density at radius 2 is 1.62 bits per heavy atom. The maximum absolute atomic E-state index is 14.0. The number of hydrogen-bond donors (Lipinski definition) is 1. The number of aryl methyl sites for hydroxylation is 1. The van der Waals surface area contributed by atoms with Gasteiger partial charge in [0.25, 0.3) is 10.0 Å². The van der Waals surface area contributed by atoms with E-state index < -0.39 is 28.5 Å². The summed E-state index contributed by atoms with van der Waals surface area (Å²) in [5.74, 6) is -0.559. The lowest BCUT2D eigenvalue weighted by molar-refractivity contribution is -0.140. The fraction of sp³-hybridized carbons (Fsp3) is 0.310. The fourth-order valence-corrected chi connectivity index (χ4v) is 5.71. The number of hydrogen-bond acceptors (Lipinski definition) is 5. The van der Waals surface area contributed by atoms with Gasteiger partial charge in [-0.05, 0) is 62.2 Å². The molecule has 0 radical (unpaired) electrons. The van der Waals surface area contributed by atoms with Crippen molar-refractivity contribution in [2.45, 2.75) is 44.7 Å². The summed E-state index contributed by atoms with van der Waals surface area (Å²) < 4.78 is 34.8. The van der Waals surface area contributed by atoms with E-state index in [-0.39, 0.29) is 23.0 Å². The van der Waals surface area contributed by atoms with Crippen LogP contribution in [0.25, 0.3) is 0 Å². The second-order valence-corrected chi connectivity index (χ2v) is 11.2. The molecule has 1 atom stereocenters. The normalized spacial score (nSPS) is 11.9. The zero-order valence-corrected chi connectivity index (χ0v) is 24.1. The molecule has 0 aliphatic rings. The standard InChI is InChI=1S/C29H34ClN3O5S/c1-5-25(29(35)31-4)32(19-22-13-15-23(30)16-14-22)28(34)20-33(26-9-7-8-10-27(26)38-6-2)39(36,37)24-17-11-21(3)12-18-24/h7-18,25H,5-6,19-20H2,1-4H3,(H,31,35)/t25-/m1/s1. The minimum atomic E-state index is -4.19. The summed E-state index contributed by atoms with van der Waals surface area (Å²) in [6, 6.07) is 19.2. The summed E-state index contributed by atoms with van der Waals surface area (Å²) in [6.07, 6.45) is 0.333. The summed E-state index contributed by atoms with van der Waals surface area (Å²) in [5.41, 5.74) is 1.88. The Hall–Kier alpha value is -3.56. The van der Waals surface area contributed by atoms with Gasteiger partial charge in [-0.3, -0.25) is 13.9 Å². The lowest BCUT2D eigenvalue weighted by Gasteiger charge is -2.33. The maximum atomic E-state index is 14.0. The zero-order valence-electron chi connectivity index (χ0n) is 22.6. The molecule has 10 heteroatoms. The fourth-order valence-electron chi connectivity index (χ4n) is 4.16. The first kappa shape index (κ1) is 30.0. The van der Waals surface area contributed by atoms with Crippen LogP contribution in [0.1, 0.15) is 31.4 Å². The van der Waals surface area contributed by atoms with Crippen molar-refractivity contribution in [3.8, 4) is 5.75 Å². The number of nitrogens with zero attached hydrogens (tertiary/aromatic N) is 2. The van der Waals surface area contributed by atoms with E-state index >= 15 is 0 Å². The molecule has 0 saturated carbocycles. The molecule has 0 saturated heterocycles. The molecule has 8 nitrogen and oxygen atoms in total. The molecule has 0 fully saturated rings. The number of rotatable bonds is 12. The van der Waals surface area contributed by atoms with Gasteiger partial charge in [-0.2, -0.15) is 0 Å². The third-order valence-electron chi connectivity index (χ3n) is 6.22. The number of benzene rings is 3. The van der Waals surface area contributed by atoms with Crippen LogP contribution in [0, 0.1) is 6.92 Å². The van der Waals surface area contributed by atoms with Gasteiger partial charge in [0.15, 0.2) is 0 Å². The van der Waals surface area contributed by atoms with Gasteiger partial charge in [0.05, 0.1) is 17.2 Å². The molecular formula is C29H34ClN3O5S. The van der Waals surface area contributed by atoms with Crippen molar-refractivity contribution in [2.75, 3.05) is 24.5 Å². The van der Waals surface area contributed by atoms with E-state index in [4.69, 9.17) is 16.3 Å². The van der Waals surface area contributed by atoms with Gasteiger partial charge in [-0.15, -0.1) is 0 Å². The summed E-state index contributed by atoms with van der Waals surface area (Å²) in [4.78, 5) is 28.2.